The summed E-state index contributed by atoms with van der Waals surface area (Å²) in [6.07, 6.45) is 0. The van der Waals surface area contributed by atoms with E-state index in [0.29, 0.717) is 27.1 Å². The molecule has 0 amide bonds. The van der Waals surface area contributed by atoms with E-state index in [1.165, 1.54) is 0 Å². The highest BCUT2D eigenvalue weighted by Crippen LogP contribution is 2.34. The fraction of sp³-hybridized carbons (Fsp3) is 0. The number of ether oxygens (including phenoxy) is 1. The summed E-state index contributed by atoms with van der Waals surface area (Å²) < 4.78 is 11.1. The van der Waals surface area contributed by atoms with Gasteiger partial charge in [0.2, 0.25) is 0 Å². The molecule has 0 saturated carbocycles. The smallest absolute Gasteiger partial charge is 0.348 e. The first-order valence-electron chi connectivity index (χ1n) is 8.22. The van der Waals surface area contributed by atoms with Crippen molar-refractivity contribution in [1.82, 2.24) is 0 Å². The third-order valence-electron chi connectivity index (χ3n) is 4.10. The summed E-state index contributed by atoms with van der Waals surface area (Å²) in [5.41, 5.74) is 0.920. The largest absolute Gasteiger partial charge is 0.422 e. The molecule has 0 bridgehead atoms. The lowest BCUT2D eigenvalue weighted by molar-refractivity contribution is 0.0737. The number of benzene rings is 3. The van der Waals surface area contributed by atoms with E-state index in [4.69, 9.17) is 20.8 Å². The molecular formula is C22H13ClO4. The highest BCUT2D eigenvalue weighted by Gasteiger charge is 2.21. The number of hydrogen-bond acceptors (Lipinski definition) is 4. The normalized spacial score (nSPS) is 10.7. The van der Waals surface area contributed by atoms with Gasteiger partial charge in [-0.3, -0.25) is 0 Å². The standard InChI is InChI=1S/C22H13ClO4/c23-16-12-10-15(11-13-16)21(24)27-20-17-8-4-5-9-18(17)26-22(25)19(20)14-6-2-1-3-7-14/h1-13H. The van der Waals surface area contributed by atoms with Gasteiger partial charge in [0, 0.05) is 5.02 Å². The van der Waals surface area contributed by atoms with Crippen LogP contribution in [0.2, 0.25) is 5.02 Å². The van der Waals surface area contributed by atoms with Gasteiger partial charge in [-0.2, -0.15) is 0 Å². The molecule has 132 valence electrons. The lowest BCUT2D eigenvalue weighted by Gasteiger charge is -2.12. The van der Waals surface area contributed by atoms with Crippen LogP contribution in [0.1, 0.15) is 10.4 Å². The minimum absolute atomic E-state index is 0.174. The molecule has 0 aliphatic rings. The third-order valence-corrected chi connectivity index (χ3v) is 4.35. The molecule has 1 heterocycles. The Morgan fingerprint density at radius 1 is 0.852 bits per heavy atom. The third kappa shape index (κ3) is 3.35. The van der Waals surface area contributed by atoms with Crippen molar-refractivity contribution in [2.24, 2.45) is 0 Å². The van der Waals surface area contributed by atoms with Gasteiger partial charge in [0.1, 0.15) is 11.1 Å². The molecule has 0 radical (unpaired) electrons. The lowest BCUT2D eigenvalue weighted by Crippen LogP contribution is -2.13. The Kier molecular flexibility index (Phi) is 4.48. The molecule has 4 aromatic rings. The van der Waals surface area contributed by atoms with Crippen molar-refractivity contribution >= 4 is 28.5 Å². The summed E-state index contributed by atoms with van der Waals surface area (Å²) in [4.78, 5) is 25.3. The van der Waals surface area contributed by atoms with Crippen LogP contribution in [-0.2, 0) is 0 Å². The van der Waals surface area contributed by atoms with Crippen molar-refractivity contribution in [3.8, 4) is 16.9 Å². The molecule has 4 rings (SSSR count). The minimum Gasteiger partial charge on any atom is -0.422 e. The van der Waals surface area contributed by atoms with Crippen LogP contribution in [0, 0.1) is 0 Å². The SMILES string of the molecule is O=C(Oc1c(-c2ccccc2)c(=O)oc2ccccc12)c1ccc(Cl)cc1. The Balaban J connectivity index is 1.90. The van der Waals surface area contributed by atoms with Gasteiger partial charge in [0.05, 0.1) is 10.9 Å². The minimum atomic E-state index is -0.584. The number of esters is 1. The van der Waals surface area contributed by atoms with Crippen molar-refractivity contribution in [3.05, 3.63) is 99.9 Å². The molecule has 0 spiro atoms. The van der Waals surface area contributed by atoms with E-state index in [1.54, 1.807) is 72.8 Å². The van der Waals surface area contributed by atoms with Crippen LogP contribution in [0.5, 0.6) is 5.75 Å². The summed E-state index contributed by atoms with van der Waals surface area (Å²) in [6.45, 7) is 0. The quantitative estimate of drug-likeness (QED) is 0.358. The van der Waals surface area contributed by atoms with Gasteiger partial charge in [0.15, 0.2) is 5.75 Å². The van der Waals surface area contributed by atoms with Crippen LogP contribution >= 0.6 is 11.6 Å². The molecule has 0 atom stereocenters. The molecular weight excluding hydrogens is 364 g/mol. The summed E-state index contributed by atoms with van der Waals surface area (Å²) in [7, 11) is 0. The van der Waals surface area contributed by atoms with Gasteiger partial charge in [-0.15, -0.1) is 0 Å². The molecule has 0 fully saturated rings. The second-order valence-electron chi connectivity index (χ2n) is 5.85. The van der Waals surface area contributed by atoms with Gasteiger partial charge in [-0.1, -0.05) is 54.1 Å². The average Bonchev–Trinajstić information content (AvgIpc) is 2.69. The van der Waals surface area contributed by atoms with Crippen LogP contribution in [0.4, 0.5) is 0 Å². The number of halogens is 1. The van der Waals surface area contributed by atoms with Gasteiger partial charge in [-0.25, -0.2) is 9.59 Å². The predicted octanol–water partition coefficient (Wildman–Crippen LogP) is 5.33. The fourth-order valence-corrected chi connectivity index (χ4v) is 2.94. The lowest BCUT2D eigenvalue weighted by atomic mass is 10.0. The average molecular weight is 377 g/mol. The first-order valence-corrected chi connectivity index (χ1v) is 8.60. The summed E-state index contributed by atoms with van der Waals surface area (Å²) in [5.74, 6) is -0.410. The van der Waals surface area contributed by atoms with Gasteiger partial charge in [0.25, 0.3) is 0 Å². The second-order valence-corrected chi connectivity index (χ2v) is 6.29. The Morgan fingerprint density at radius 3 is 2.26 bits per heavy atom. The Bertz CT molecular complexity index is 1180. The number of hydrogen-bond donors (Lipinski definition) is 0. The fourth-order valence-electron chi connectivity index (χ4n) is 2.82. The van der Waals surface area contributed by atoms with Crippen molar-refractivity contribution in [2.45, 2.75) is 0 Å². The number of rotatable bonds is 3. The molecule has 0 N–H and O–H groups in total. The Morgan fingerprint density at radius 2 is 1.52 bits per heavy atom. The number of carbonyl (C=O) groups is 1. The van der Waals surface area contributed by atoms with E-state index in [1.807, 2.05) is 6.07 Å². The maximum absolute atomic E-state index is 12.7. The first-order chi connectivity index (χ1) is 13.1. The molecule has 4 nitrogen and oxygen atoms in total. The van der Waals surface area contributed by atoms with E-state index >= 15 is 0 Å². The summed E-state index contributed by atoms with van der Waals surface area (Å²) in [6, 6.07) is 22.3. The monoisotopic (exact) mass is 376 g/mol. The van der Waals surface area contributed by atoms with Crippen LogP contribution in [0.15, 0.2) is 88.1 Å². The van der Waals surface area contributed by atoms with Crippen LogP contribution in [0.3, 0.4) is 0 Å². The van der Waals surface area contributed by atoms with Crippen molar-refractivity contribution in [3.63, 3.8) is 0 Å². The van der Waals surface area contributed by atoms with E-state index in [9.17, 15) is 9.59 Å². The maximum atomic E-state index is 12.7. The highest BCUT2D eigenvalue weighted by atomic mass is 35.5. The Hall–Kier alpha value is -3.37. The molecule has 0 aliphatic heterocycles. The van der Waals surface area contributed by atoms with E-state index < -0.39 is 11.6 Å². The van der Waals surface area contributed by atoms with E-state index in [-0.39, 0.29) is 11.3 Å². The molecule has 0 unspecified atom stereocenters. The number of para-hydroxylation sites is 1. The highest BCUT2D eigenvalue weighted by molar-refractivity contribution is 6.30. The van der Waals surface area contributed by atoms with Crippen molar-refractivity contribution in [1.29, 1.82) is 0 Å². The molecule has 0 aliphatic carbocycles. The first kappa shape index (κ1) is 17.1. The Labute approximate surface area is 159 Å². The van der Waals surface area contributed by atoms with Crippen molar-refractivity contribution < 1.29 is 13.9 Å². The van der Waals surface area contributed by atoms with Crippen LogP contribution < -0.4 is 10.4 Å². The second kappa shape index (κ2) is 7.09. The molecule has 3 aromatic carbocycles. The van der Waals surface area contributed by atoms with Crippen LogP contribution in [-0.4, -0.2) is 5.97 Å². The molecule has 1 aromatic heterocycles. The predicted molar refractivity (Wildman–Crippen MR) is 104 cm³/mol. The molecule has 0 saturated heterocycles. The van der Waals surface area contributed by atoms with E-state index in [2.05, 4.69) is 0 Å². The summed E-state index contributed by atoms with van der Waals surface area (Å²) >= 11 is 5.87. The van der Waals surface area contributed by atoms with Crippen LogP contribution in [0.25, 0.3) is 22.1 Å². The van der Waals surface area contributed by atoms with Gasteiger partial charge in [-0.05, 0) is 42.0 Å². The van der Waals surface area contributed by atoms with Gasteiger partial charge >= 0.3 is 11.6 Å². The zero-order valence-corrected chi connectivity index (χ0v) is 14.8. The zero-order chi connectivity index (χ0) is 18.8. The van der Waals surface area contributed by atoms with E-state index in [0.717, 1.165) is 0 Å². The maximum Gasteiger partial charge on any atom is 0.348 e. The zero-order valence-electron chi connectivity index (χ0n) is 14.0. The molecule has 5 heteroatoms. The number of fused-ring (bicyclic) bond motifs is 1. The number of carbonyl (C=O) groups excluding carboxylic acids is 1. The van der Waals surface area contributed by atoms with Crippen molar-refractivity contribution in [2.75, 3.05) is 0 Å². The summed E-state index contributed by atoms with van der Waals surface area (Å²) in [5, 5.41) is 1.06. The topological polar surface area (TPSA) is 56.5 Å². The van der Waals surface area contributed by atoms with Gasteiger partial charge < -0.3 is 9.15 Å². The molecule has 27 heavy (non-hydrogen) atoms.